The second-order valence-electron chi connectivity index (χ2n) is 10.0. The van der Waals surface area contributed by atoms with Crippen LogP contribution in [0.1, 0.15) is 100 Å². The average Bonchev–Trinajstić information content (AvgIpc) is 3.46. The monoisotopic (exact) mass is 416 g/mol. The molecule has 30 heavy (non-hydrogen) atoms. The summed E-state index contributed by atoms with van der Waals surface area (Å²) in [7, 11) is 0. The highest BCUT2D eigenvalue weighted by molar-refractivity contribution is 5.77. The molecule has 4 heteroatoms. The van der Waals surface area contributed by atoms with Crippen LogP contribution >= 0.6 is 0 Å². The molecular formula is C26H40O4. The SMILES string of the molecule is Cc1ccc(CCCCC2(C(=O)O)CC2)c(C)c1CCCCCCC(C)(C)C(=O)O. The predicted molar refractivity (Wildman–Crippen MR) is 121 cm³/mol. The van der Waals surface area contributed by atoms with Gasteiger partial charge in [-0.25, -0.2) is 0 Å². The van der Waals surface area contributed by atoms with E-state index < -0.39 is 22.8 Å². The molecule has 0 saturated heterocycles. The highest BCUT2D eigenvalue weighted by atomic mass is 16.4. The molecule has 1 aliphatic carbocycles. The minimum Gasteiger partial charge on any atom is -0.481 e. The normalized spacial score (nSPS) is 15.2. The van der Waals surface area contributed by atoms with Crippen molar-refractivity contribution in [2.24, 2.45) is 10.8 Å². The zero-order valence-corrected chi connectivity index (χ0v) is 19.4. The van der Waals surface area contributed by atoms with Crippen LogP contribution in [0.2, 0.25) is 0 Å². The third-order valence-corrected chi connectivity index (χ3v) is 7.16. The van der Waals surface area contributed by atoms with Crippen LogP contribution in [0.3, 0.4) is 0 Å². The Morgan fingerprint density at radius 1 is 0.933 bits per heavy atom. The van der Waals surface area contributed by atoms with Crippen molar-refractivity contribution < 1.29 is 19.8 Å². The summed E-state index contributed by atoms with van der Waals surface area (Å²) in [5.74, 6) is -1.32. The Morgan fingerprint density at radius 2 is 1.57 bits per heavy atom. The summed E-state index contributed by atoms with van der Waals surface area (Å²) in [6, 6.07) is 4.47. The maximum absolute atomic E-state index is 11.3. The van der Waals surface area contributed by atoms with Crippen molar-refractivity contribution in [3.63, 3.8) is 0 Å². The van der Waals surface area contributed by atoms with Gasteiger partial charge < -0.3 is 10.2 Å². The summed E-state index contributed by atoms with van der Waals surface area (Å²) in [5.41, 5.74) is 4.60. The summed E-state index contributed by atoms with van der Waals surface area (Å²) in [6.45, 7) is 8.03. The molecule has 1 aliphatic rings. The lowest BCUT2D eigenvalue weighted by molar-refractivity contribution is -0.147. The van der Waals surface area contributed by atoms with Gasteiger partial charge >= 0.3 is 11.9 Å². The van der Waals surface area contributed by atoms with Crippen molar-refractivity contribution in [1.82, 2.24) is 0 Å². The molecule has 4 nitrogen and oxygen atoms in total. The summed E-state index contributed by atoms with van der Waals surface area (Å²) >= 11 is 0. The standard InChI is InChI=1S/C26H40O4/c1-19-13-14-21(11-8-10-16-26(17-18-26)24(29)30)20(2)22(19)12-7-5-6-9-15-25(3,4)23(27)28/h13-14H,5-12,15-18H2,1-4H3,(H,27,28)(H,29,30). The van der Waals surface area contributed by atoms with E-state index in [4.69, 9.17) is 0 Å². The number of unbranched alkanes of at least 4 members (excludes halogenated alkanes) is 4. The number of carboxylic acids is 2. The van der Waals surface area contributed by atoms with E-state index in [1.54, 1.807) is 13.8 Å². The summed E-state index contributed by atoms with van der Waals surface area (Å²) in [4.78, 5) is 22.5. The number of aliphatic carboxylic acids is 2. The fourth-order valence-electron chi connectivity index (χ4n) is 4.43. The van der Waals surface area contributed by atoms with Crippen molar-refractivity contribution in [3.8, 4) is 0 Å². The number of benzene rings is 1. The lowest BCUT2D eigenvalue weighted by Crippen LogP contribution is -2.23. The number of hydrogen-bond donors (Lipinski definition) is 2. The van der Waals surface area contributed by atoms with Crippen LogP contribution in [-0.4, -0.2) is 22.2 Å². The van der Waals surface area contributed by atoms with Gasteiger partial charge in [-0.15, -0.1) is 0 Å². The van der Waals surface area contributed by atoms with Gasteiger partial charge in [0, 0.05) is 0 Å². The van der Waals surface area contributed by atoms with Crippen LogP contribution in [0.4, 0.5) is 0 Å². The Bertz CT molecular complexity index is 744. The van der Waals surface area contributed by atoms with E-state index in [1.165, 1.54) is 22.3 Å². The van der Waals surface area contributed by atoms with Crippen LogP contribution in [0.25, 0.3) is 0 Å². The molecule has 0 bridgehead atoms. The van der Waals surface area contributed by atoms with E-state index in [0.29, 0.717) is 0 Å². The lowest BCUT2D eigenvalue weighted by atomic mass is 9.86. The average molecular weight is 417 g/mol. The molecule has 1 fully saturated rings. The molecule has 2 N–H and O–H groups in total. The van der Waals surface area contributed by atoms with Gasteiger partial charge in [0.05, 0.1) is 10.8 Å². The number of carboxylic acid groups (broad SMARTS) is 2. The summed E-state index contributed by atoms with van der Waals surface area (Å²) < 4.78 is 0. The molecule has 0 radical (unpaired) electrons. The van der Waals surface area contributed by atoms with Gasteiger partial charge in [-0.05, 0) is 101 Å². The van der Waals surface area contributed by atoms with Gasteiger partial charge in [0.1, 0.15) is 0 Å². The van der Waals surface area contributed by atoms with Crippen LogP contribution < -0.4 is 0 Å². The number of aryl methyl sites for hydroxylation is 2. The Hall–Kier alpha value is -1.84. The molecule has 0 atom stereocenters. The van der Waals surface area contributed by atoms with Gasteiger partial charge in [-0.1, -0.05) is 37.8 Å². The Balaban J connectivity index is 1.75. The van der Waals surface area contributed by atoms with Crippen molar-refractivity contribution in [2.45, 2.75) is 105 Å². The van der Waals surface area contributed by atoms with Crippen LogP contribution in [0.5, 0.6) is 0 Å². The minimum absolute atomic E-state index is 0.396. The summed E-state index contributed by atoms with van der Waals surface area (Å²) in [6.07, 6.45) is 11.7. The van der Waals surface area contributed by atoms with E-state index in [-0.39, 0.29) is 0 Å². The highest BCUT2D eigenvalue weighted by Gasteiger charge is 2.49. The first kappa shape index (κ1) is 24.4. The first-order valence-corrected chi connectivity index (χ1v) is 11.6. The highest BCUT2D eigenvalue weighted by Crippen LogP contribution is 2.50. The molecule has 0 spiro atoms. The smallest absolute Gasteiger partial charge is 0.309 e. The molecule has 1 aromatic rings. The zero-order valence-electron chi connectivity index (χ0n) is 19.4. The predicted octanol–water partition coefficient (Wildman–Crippen LogP) is 6.48. The van der Waals surface area contributed by atoms with Crippen molar-refractivity contribution in [2.75, 3.05) is 0 Å². The number of hydrogen-bond acceptors (Lipinski definition) is 2. The molecule has 0 heterocycles. The van der Waals surface area contributed by atoms with Gasteiger partial charge in [0.25, 0.3) is 0 Å². The Morgan fingerprint density at radius 3 is 2.17 bits per heavy atom. The van der Waals surface area contributed by atoms with Gasteiger partial charge in [0.15, 0.2) is 0 Å². The molecule has 1 saturated carbocycles. The van der Waals surface area contributed by atoms with E-state index >= 15 is 0 Å². The third kappa shape index (κ3) is 6.58. The fraction of sp³-hybridized carbons (Fsp3) is 0.692. The fourth-order valence-corrected chi connectivity index (χ4v) is 4.43. The van der Waals surface area contributed by atoms with Crippen LogP contribution in [0, 0.1) is 24.7 Å². The third-order valence-electron chi connectivity index (χ3n) is 7.16. The van der Waals surface area contributed by atoms with E-state index in [1.807, 2.05) is 0 Å². The molecule has 0 amide bonds. The van der Waals surface area contributed by atoms with Gasteiger partial charge in [-0.2, -0.15) is 0 Å². The van der Waals surface area contributed by atoms with E-state index in [0.717, 1.165) is 77.0 Å². The van der Waals surface area contributed by atoms with Crippen molar-refractivity contribution >= 4 is 11.9 Å². The maximum atomic E-state index is 11.3. The van der Waals surface area contributed by atoms with Crippen LogP contribution in [0.15, 0.2) is 12.1 Å². The topological polar surface area (TPSA) is 74.6 Å². The largest absolute Gasteiger partial charge is 0.481 e. The second kappa shape index (κ2) is 10.5. The quantitative estimate of drug-likeness (QED) is 0.340. The zero-order chi connectivity index (χ0) is 22.4. The molecule has 1 aromatic carbocycles. The van der Waals surface area contributed by atoms with E-state index in [9.17, 15) is 19.8 Å². The molecule has 0 unspecified atom stereocenters. The minimum atomic E-state index is -0.708. The molecule has 0 aromatic heterocycles. The van der Waals surface area contributed by atoms with E-state index in [2.05, 4.69) is 26.0 Å². The Labute approximate surface area is 182 Å². The lowest BCUT2D eigenvalue weighted by Gasteiger charge is -2.18. The second-order valence-corrected chi connectivity index (χ2v) is 10.0. The molecule has 2 rings (SSSR count). The molecular weight excluding hydrogens is 376 g/mol. The van der Waals surface area contributed by atoms with Gasteiger partial charge in [-0.3, -0.25) is 9.59 Å². The number of carbonyl (C=O) groups is 2. The van der Waals surface area contributed by atoms with Gasteiger partial charge in [0.2, 0.25) is 0 Å². The Kier molecular flexibility index (Phi) is 8.52. The van der Waals surface area contributed by atoms with Crippen LogP contribution in [-0.2, 0) is 22.4 Å². The summed E-state index contributed by atoms with van der Waals surface area (Å²) in [5, 5.41) is 18.5. The van der Waals surface area contributed by atoms with Crippen molar-refractivity contribution in [1.29, 1.82) is 0 Å². The molecule has 0 aliphatic heterocycles. The maximum Gasteiger partial charge on any atom is 0.309 e. The number of rotatable bonds is 14. The first-order valence-electron chi connectivity index (χ1n) is 11.6. The van der Waals surface area contributed by atoms with Crippen molar-refractivity contribution in [3.05, 3.63) is 34.4 Å². The first-order chi connectivity index (χ1) is 14.1. The molecule has 168 valence electrons.